The molecule has 0 saturated carbocycles. The molecule has 1 aromatic heterocycles. The molecule has 2 aromatic carbocycles. The Morgan fingerprint density at radius 2 is 2.04 bits per heavy atom. The molecule has 3 rings (SSSR count). The van der Waals surface area contributed by atoms with Gasteiger partial charge in [0.2, 0.25) is 5.91 Å². The molecule has 7 nitrogen and oxygen atoms in total. The smallest absolute Gasteiger partial charge is 0.234 e. The van der Waals surface area contributed by atoms with Crippen molar-refractivity contribution >= 4 is 35.0 Å². The van der Waals surface area contributed by atoms with Gasteiger partial charge in [-0.1, -0.05) is 23.4 Å². The van der Waals surface area contributed by atoms with Crippen molar-refractivity contribution in [1.82, 2.24) is 14.8 Å². The van der Waals surface area contributed by atoms with Gasteiger partial charge in [-0.2, -0.15) is 5.26 Å². The van der Waals surface area contributed by atoms with Crippen LogP contribution >= 0.6 is 23.4 Å². The summed E-state index contributed by atoms with van der Waals surface area (Å²) in [5.74, 6) is 1.30. The number of nitriles is 1. The first-order chi connectivity index (χ1) is 13.5. The number of halogens is 1. The van der Waals surface area contributed by atoms with E-state index in [2.05, 4.69) is 15.5 Å². The second-order valence-electron chi connectivity index (χ2n) is 5.73. The van der Waals surface area contributed by atoms with Gasteiger partial charge in [-0.05, 0) is 42.5 Å². The Hall–Kier alpha value is -3.02. The number of hydrogen-bond acceptors (Lipinski definition) is 6. The Balaban J connectivity index is 1.67. The van der Waals surface area contributed by atoms with E-state index in [1.54, 1.807) is 25.3 Å². The average molecular weight is 414 g/mol. The van der Waals surface area contributed by atoms with Crippen molar-refractivity contribution in [2.75, 3.05) is 18.2 Å². The van der Waals surface area contributed by atoms with E-state index in [9.17, 15) is 4.79 Å². The number of benzene rings is 2. The number of rotatable bonds is 6. The number of anilines is 1. The first-order valence-electron chi connectivity index (χ1n) is 8.18. The molecule has 1 amide bonds. The minimum atomic E-state index is -0.266. The zero-order valence-electron chi connectivity index (χ0n) is 15.1. The summed E-state index contributed by atoms with van der Waals surface area (Å²) in [5, 5.41) is 21.2. The van der Waals surface area contributed by atoms with Crippen molar-refractivity contribution < 1.29 is 9.53 Å². The van der Waals surface area contributed by atoms with Crippen LogP contribution in [-0.4, -0.2) is 33.5 Å². The molecule has 0 fully saturated rings. The molecule has 3 aromatic rings. The number of nitrogens with zero attached hydrogens (tertiary/aromatic N) is 4. The van der Waals surface area contributed by atoms with Crippen LogP contribution in [0.4, 0.5) is 5.69 Å². The van der Waals surface area contributed by atoms with Gasteiger partial charge < -0.3 is 14.6 Å². The van der Waals surface area contributed by atoms with Gasteiger partial charge in [0.25, 0.3) is 0 Å². The van der Waals surface area contributed by atoms with Gasteiger partial charge in [0.15, 0.2) is 11.0 Å². The molecule has 0 spiro atoms. The summed E-state index contributed by atoms with van der Waals surface area (Å²) in [6, 6.07) is 14.2. The van der Waals surface area contributed by atoms with E-state index in [1.165, 1.54) is 11.8 Å². The van der Waals surface area contributed by atoms with Crippen LogP contribution in [0.25, 0.3) is 11.4 Å². The monoisotopic (exact) mass is 413 g/mol. The maximum atomic E-state index is 12.3. The summed E-state index contributed by atoms with van der Waals surface area (Å²) < 4.78 is 6.98. The molecule has 0 bridgehead atoms. The molecule has 0 aliphatic heterocycles. The van der Waals surface area contributed by atoms with Crippen LogP contribution in [0.2, 0.25) is 5.02 Å². The van der Waals surface area contributed by atoms with Gasteiger partial charge in [0, 0.05) is 17.6 Å². The van der Waals surface area contributed by atoms with Crippen LogP contribution in [0.15, 0.2) is 47.6 Å². The second kappa shape index (κ2) is 8.78. The molecular formula is C19H16ClN5O2S. The van der Waals surface area contributed by atoms with E-state index in [4.69, 9.17) is 21.6 Å². The summed E-state index contributed by atoms with van der Waals surface area (Å²) in [6.07, 6.45) is 0. The minimum Gasteiger partial charge on any atom is -0.497 e. The lowest BCUT2D eigenvalue weighted by molar-refractivity contribution is -0.113. The fourth-order valence-corrected chi connectivity index (χ4v) is 3.35. The SMILES string of the molecule is COc1ccc(-c2nnc(SCC(=O)Nc3cc(Cl)ccc3C#N)n2C)cc1. The van der Waals surface area contributed by atoms with Crippen LogP contribution in [-0.2, 0) is 11.8 Å². The Morgan fingerprint density at radius 1 is 1.29 bits per heavy atom. The molecule has 0 unspecified atom stereocenters. The molecule has 28 heavy (non-hydrogen) atoms. The summed E-state index contributed by atoms with van der Waals surface area (Å²) in [7, 11) is 3.45. The van der Waals surface area contributed by atoms with E-state index >= 15 is 0 Å². The van der Waals surface area contributed by atoms with Crippen molar-refractivity contribution in [1.29, 1.82) is 5.26 Å². The number of ether oxygens (including phenoxy) is 1. The number of hydrogen-bond donors (Lipinski definition) is 1. The molecule has 0 radical (unpaired) electrons. The molecule has 1 heterocycles. The maximum Gasteiger partial charge on any atom is 0.234 e. The highest BCUT2D eigenvalue weighted by Gasteiger charge is 2.14. The number of aromatic nitrogens is 3. The molecule has 0 aliphatic rings. The molecule has 9 heteroatoms. The second-order valence-corrected chi connectivity index (χ2v) is 7.11. The Morgan fingerprint density at radius 3 is 2.71 bits per heavy atom. The predicted octanol–water partition coefficient (Wildman–Crippen LogP) is 3.75. The van der Waals surface area contributed by atoms with Crippen molar-refractivity contribution in [3.8, 4) is 23.2 Å². The summed E-state index contributed by atoms with van der Waals surface area (Å²) in [6.45, 7) is 0. The van der Waals surface area contributed by atoms with Gasteiger partial charge in [-0.3, -0.25) is 4.79 Å². The van der Waals surface area contributed by atoms with Crippen molar-refractivity contribution in [3.63, 3.8) is 0 Å². The normalized spacial score (nSPS) is 10.4. The highest BCUT2D eigenvalue weighted by atomic mass is 35.5. The molecule has 142 valence electrons. The Labute approximate surface area is 171 Å². The lowest BCUT2D eigenvalue weighted by Crippen LogP contribution is -2.15. The standard InChI is InChI=1S/C19H16ClN5O2S/c1-25-18(12-4-7-15(27-2)8-5-12)23-24-19(25)28-11-17(26)22-16-9-14(20)6-3-13(16)10-21/h3-9H,11H2,1-2H3,(H,22,26). The fraction of sp³-hybridized carbons (Fsp3) is 0.158. The predicted molar refractivity (Wildman–Crippen MR) is 109 cm³/mol. The van der Waals surface area contributed by atoms with Gasteiger partial charge in [-0.25, -0.2) is 0 Å². The molecular weight excluding hydrogens is 398 g/mol. The first-order valence-corrected chi connectivity index (χ1v) is 9.54. The topological polar surface area (TPSA) is 92.8 Å². The number of carbonyl (C=O) groups excluding carboxylic acids is 1. The number of thioether (sulfide) groups is 1. The van der Waals surface area contributed by atoms with E-state index in [1.807, 2.05) is 41.9 Å². The molecule has 0 atom stereocenters. The zero-order chi connectivity index (χ0) is 20.1. The summed E-state index contributed by atoms with van der Waals surface area (Å²) >= 11 is 7.19. The third-order valence-electron chi connectivity index (χ3n) is 3.89. The molecule has 0 aliphatic carbocycles. The van der Waals surface area contributed by atoms with E-state index in [-0.39, 0.29) is 11.7 Å². The van der Waals surface area contributed by atoms with E-state index in [0.717, 1.165) is 11.3 Å². The number of methoxy groups -OCH3 is 1. The third-order valence-corrected chi connectivity index (χ3v) is 5.15. The van der Waals surface area contributed by atoms with Crippen LogP contribution < -0.4 is 10.1 Å². The zero-order valence-corrected chi connectivity index (χ0v) is 16.7. The molecule has 0 saturated heterocycles. The Kier molecular flexibility index (Phi) is 6.19. The highest BCUT2D eigenvalue weighted by Crippen LogP contribution is 2.25. The van der Waals surface area contributed by atoms with Gasteiger partial charge >= 0.3 is 0 Å². The van der Waals surface area contributed by atoms with E-state index in [0.29, 0.717) is 27.3 Å². The van der Waals surface area contributed by atoms with E-state index < -0.39 is 0 Å². The number of nitrogens with one attached hydrogen (secondary N) is 1. The van der Waals surface area contributed by atoms with Crippen LogP contribution in [0.5, 0.6) is 5.75 Å². The van der Waals surface area contributed by atoms with Gasteiger partial charge in [-0.15, -0.1) is 10.2 Å². The average Bonchev–Trinajstić information content (AvgIpc) is 3.07. The number of carbonyl (C=O) groups is 1. The van der Waals surface area contributed by atoms with Crippen molar-refractivity contribution in [2.24, 2.45) is 7.05 Å². The van der Waals surface area contributed by atoms with Crippen molar-refractivity contribution in [2.45, 2.75) is 5.16 Å². The van der Waals surface area contributed by atoms with Crippen LogP contribution in [0, 0.1) is 11.3 Å². The van der Waals surface area contributed by atoms with Crippen LogP contribution in [0.3, 0.4) is 0 Å². The molecule has 1 N–H and O–H groups in total. The largest absolute Gasteiger partial charge is 0.497 e. The lowest BCUT2D eigenvalue weighted by atomic mass is 10.2. The number of amides is 1. The first kappa shape index (κ1) is 19.7. The van der Waals surface area contributed by atoms with Crippen molar-refractivity contribution in [3.05, 3.63) is 53.1 Å². The lowest BCUT2D eigenvalue weighted by Gasteiger charge is -2.08. The minimum absolute atomic E-state index is 0.117. The quantitative estimate of drug-likeness (QED) is 0.618. The Bertz CT molecular complexity index is 1040. The summed E-state index contributed by atoms with van der Waals surface area (Å²) in [5.41, 5.74) is 1.63. The van der Waals surface area contributed by atoms with Gasteiger partial charge in [0.1, 0.15) is 11.8 Å². The van der Waals surface area contributed by atoms with Crippen LogP contribution in [0.1, 0.15) is 5.56 Å². The third kappa shape index (κ3) is 4.44. The maximum absolute atomic E-state index is 12.3. The van der Waals surface area contributed by atoms with Gasteiger partial charge in [0.05, 0.1) is 24.1 Å². The summed E-state index contributed by atoms with van der Waals surface area (Å²) in [4.78, 5) is 12.3. The fourth-order valence-electron chi connectivity index (χ4n) is 2.47. The highest BCUT2D eigenvalue weighted by molar-refractivity contribution is 7.99.